The Morgan fingerprint density at radius 1 is 0.933 bits per heavy atom. The first-order chi connectivity index (χ1) is 14.6. The molecule has 4 aromatic rings. The van der Waals surface area contributed by atoms with E-state index in [9.17, 15) is 9.59 Å². The van der Waals surface area contributed by atoms with Crippen LogP contribution in [0.15, 0.2) is 59.5 Å². The van der Waals surface area contributed by atoms with Crippen molar-refractivity contribution in [1.82, 2.24) is 19.5 Å². The van der Waals surface area contributed by atoms with Crippen LogP contribution in [0.5, 0.6) is 0 Å². The summed E-state index contributed by atoms with van der Waals surface area (Å²) in [4.78, 5) is 43.2. The quantitative estimate of drug-likeness (QED) is 0.513. The Bertz CT molecular complexity index is 1330. The van der Waals surface area contributed by atoms with Gasteiger partial charge >= 0.3 is 0 Å². The first-order valence-corrected chi connectivity index (χ1v) is 9.85. The van der Waals surface area contributed by atoms with Crippen LogP contribution in [-0.2, 0) is 11.3 Å². The first-order valence-electron chi connectivity index (χ1n) is 9.85. The van der Waals surface area contributed by atoms with Gasteiger partial charge in [0.2, 0.25) is 5.91 Å². The third kappa shape index (κ3) is 3.06. The van der Waals surface area contributed by atoms with Gasteiger partial charge < -0.3 is 4.90 Å². The van der Waals surface area contributed by atoms with Crippen LogP contribution in [0.4, 0.5) is 11.6 Å². The molecule has 0 unspecified atom stereocenters. The zero-order valence-electron chi connectivity index (χ0n) is 16.5. The van der Waals surface area contributed by atoms with Crippen molar-refractivity contribution in [3.05, 3.63) is 65.1 Å². The van der Waals surface area contributed by atoms with Crippen LogP contribution in [0.2, 0.25) is 0 Å². The standard InChI is InChI=1S/C22H20N6O2/c1-26-11-6-12-27(22-21(26)24-15-7-2-3-8-16(15)25-22)20(30)14-28-18-10-5-4-9-17(18)23-13-19(28)29/h2-5,7-10,13H,6,11-12,14H2,1H3. The van der Waals surface area contributed by atoms with Crippen molar-refractivity contribution in [1.29, 1.82) is 0 Å². The summed E-state index contributed by atoms with van der Waals surface area (Å²) in [5.74, 6) is 1.01. The fourth-order valence-electron chi connectivity index (χ4n) is 3.84. The van der Waals surface area contributed by atoms with Gasteiger partial charge in [-0.05, 0) is 30.7 Å². The number of fused-ring (bicyclic) bond motifs is 3. The van der Waals surface area contributed by atoms with Crippen LogP contribution in [-0.4, -0.2) is 45.6 Å². The molecule has 0 aliphatic carbocycles. The molecule has 0 radical (unpaired) electrons. The van der Waals surface area contributed by atoms with Gasteiger partial charge in [-0.1, -0.05) is 24.3 Å². The fourth-order valence-corrected chi connectivity index (χ4v) is 3.84. The van der Waals surface area contributed by atoms with Crippen LogP contribution in [0.25, 0.3) is 22.1 Å². The van der Waals surface area contributed by atoms with Gasteiger partial charge in [-0.2, -0.15) is 0 Å². The summed E-state index contributed by atoms with van der Waals surface area (Å²) in [5, 5.41) is 0. The zero-order valence-corrected chi connectivity index (χ0v) is 16.5. The van der Waals surface area contributed by atoms with Gasteiger partial charge in [0.1, 0.15) is 6.54 Å². The van der Waals surface area contributed by atoms with Gasteiger partial charge in [0.05, 0.1) is 28.3 Å². The second kappa shape index (κ2) is 7.22. The SMILES string of the molecule is CN1CCCN(C(=O)Cn2c(=O)cnc3ccccc32)c2nc3ccccc3nc21. The number of anilines is 2. The number of aromatic nitrogens is 4. The minimum absolute atomic E-state index is 0.0838. The molecule has 150 valence electrons. The molecule has 1 aliphatic rings. The van der Waals surface area contributed by atoms with Crippen molar-refractivity contribution in [3.63, 3.8) is 0 Å². The van der Waals surface area contributed by atoms with Gasteiger partial charge in [0.25, 0.3) is 5.56 Å². The molecule has 5 rings (SSSR count). The van der Waals surface area contributed by atoms with E-state index in [-0.39, 0.29) is 18.0 Å². The Morgan fingerprint density at radius 2 is 1.60 bits per heavy atom. The highest BCUT2D eigenvalue weighted by atomic mass is 16.2. The van der Waals surface area contributed by atoms with Crippen LogP contribution < -0.4 is 15.4 Å². The minimum atomic E-state index is -0.307. The van der Waals surface area contributed by atoms with Gasteiger partial charge in [-0.25, -0.2) is 15.0 Å². The molecule has 0 fully saturated rings. The van der Waals surface area contributed by atoms with E-state index >= 15 is 0 Å². The summed E-state index contributed by atoms with van der Waals surface area (Å²) in [7, 11) is 1.96. The molecule has 1 amide bonds. The third-order valence-electron chi connectivity index (χ3n) is 5.37. The van der Waals surface area contributed by atoms with E-state index in [1.807, 2.05) is 54.4 Å². The number of rotatable bonds is 2. The van der Waals surface area contributed by atoms with Gasteiger partial charge in [0.15, 0.2) is 11.6 Å². The Morgan fingerprint density at radius 3 is 2.37 bits per heavy atom. The second-order valence-electron chi connectivity index (χ2n) is 7.35. The number of carbonyl (C=O) groups is 1. The van der Waals surface area contributed by atoms with Crippen molar-refractivity contribution in [2.24, 2.45) is 0 Å². The summed E-state index contributed by atoms with van der Waals surface area (Å²) in [6.07, 6.45) is 2.04. The lowest BCUT2D eigenvalue weighted by atomic mass is 10.3. The van der Waals surface area contributed by atoms with Gasteiger partial charge in [-0.3, -0.25) is 19.1 Å². The molecule has 2 aromatic carbocycles. The molecular weight excluding hydrogens is 380 g/mol. The monoisotopic (exact) mass is 400 g/mol. The summed E-state index contributed by atoms with van der Waals surface area (Å²) in [6, 6.07) is 14.9. The molecule has 0 atom stereocenters. The predicted molar refractivity (Wildman–Crippen MR) is 116 cm³/mol. The maximum atomic E-state index is 13.4. The summed E-state index contributed by atoms with van der Waals surface area (Å²) >= 11 is 0. The number of hydrogen-bond acceptors (Lipinski definition) is 6. The molecule has 0 saturated heterocycles. The number of hydrogen-bond donors (Lipinski definition) is 0. The molecule has 30 heavy (non-hydrogen) atoms. The molecule has 8 heteroatoms. The normalized spacial score (nSPS) is 14.0. The van der Waals surface area contributed by atoms with E-state index in [1.54, 1.807) is 11.0 Å². The van der Waals surface area contributed by atoms with E-state index in [0.29, 0.717) is 29.2 Å². The van der Waals surface area contributed by atoms with E-state index in [1.165, 1.54) is 10.8 Å². The highest BCUT2D eigenvalue weighted by molar-refractivity contribution is 5.97. The van der Waals surface area contributed by atoms with Crippen LogP contribution >= 0.6 is 0 Å². The zero-order chi connectivity index (χ0) is 20.7. The summed E-state index contributed by atoms with van der Waals surface area (Å²) in [5.41, 5.74) is 2.52. The first kappa shape index (κ1) is 18.2. The molecule has 2 aromatic heterocycles. The minimum Gasteiger partial charge on any atom is -0.357 e. The average Bonchev–Trinajstić information content (AvgIpc) is 2.93. The fraction of sp³-hybridized carbons (Fsp3) is 0.227. The molecule has 0 bridgehead atoms. The van der Waals surface area contributed by atoms with Crippen LogP contribution in [0.3, 0.4) is 0 Å². The number of nitrogens with zero attached hydrogens (tertiary/aromatic N) is 6. The number of carbonyl (C=O) groups excluding carboxylic acids is 1. The molecule has 0 saturated carbocycles. The Balaban J connectivity index is 1.59. The highest BCUT2D eigenvalue weighted by Gasteiger charge is 2.27. The Labute approximate surface area is 172 Å². The van der Waals surface area contributed by atoms with Crippen LogP contribution in [0, 0.1) is 0 Å². The van der Waals surface area contributed by atoms with Crippen molar-refractivity contribution < 1.29 is 4.79 Å². The predicted octanol–water partition coefficient (Wildman–Crippen LogP) is 2.21. The Kier molecular flexibility index (Phi) is 4.39. The van der Waals surface area contributed by atoms with E-state index in [2.05, 4.69) is 4.98 Å². The topological polar surface area (TPSA) is 84.2 Å². The summed E-state index contributed by atoms with van der Waals surface area (Å²) < 4.78 is 1.47. The average molecular weight is 400 g/mol. The third-order valence-corrected chi connectivity index (χ3v) is 5.37. The smallest absolute Gasteiger partial charge is 0.269 e. The maximum Gasteiger partial charge on any atom is 0.269 e. The largest absolute Gasteiger partial charge is 0.357 e. The number of para-hydroxylation sites is 4. The second-order valence-corrected chi connectivity index (χ2v) is 7.35. The Hall–Kier alpha value is -3.81. The lowest BCUT2D eigenvalue weighted by molar-refractivity contribution is -0.119. The molecule has 0 N–H and O–H groups in total. The highest BCUT2D eigenvalue weighted by Crippen LogP contribution is 2.30. The molecular formula is C22H20N6O2. The molecule has 3 heterocycles. The van der Waals surface area contributed by atoms with Crippen molar-refractivity contribution in [2.75, 3.05) is 29.9 Å². The lowest BCUT2D eigenvalue weighted by Crippen LogP contribution is -2.37. The summed E-state index contributed by atoms with van der Waals surface area (Å²) in [6.45, 7) is 1.20. The van der Waals surface area contributed by atoms with Crippen molar-refractivity contribution >= 4 is 39.6 Å². The lowest BCUT2D eigenvalue weighted by Gasteiger charge is -2.23. The maximum absolute atomic E-state index is 13.4. The van der Waals surface area contributed by atoms with Crippen molar-refractivity contribution in [3.8, 4) is 0 Å². The van der Waals surface area contributed by atoms with E-state index < -0.39 is 0 Å². The van der Waals surface area contributed by atoms with Gasteiger partial charge in [-0.15, -0.1) is 0 Å². The number of benzene rings is 2. The molecule has 8 nitrogen and oxygen atoms in total. The number of amides is 1. The van der Waals surface area contributed by atoms with E-state index in [0.717, 1.165) is 24.0 Å². The van der Waals surface area contributed by atoms with Crippen LogP contribution in [0.1, 0.15) is 6.42 Å². The molecule has 1 aliphatic heterocycles. The van der Waals surface area contributed by atoms with Crippen molar-refractivity contribution in [2.45, 2.75) is 13.0 Å². The molecule has 0 spiro atoms. The van der Waals surface area contributed by atoms with Gasteiger partial charge in [0, 0.05) is 20.1 Å². The van der Waals surface area contributed by atoms with E-state index in [4.69, 9.17) is 9.97 Å².